The lowest BCUT2D eigenvalue weighted by atomic mass is 10.1. The zero-order valence-electron chi connectivity index (χ0n) is 14.9. The van der Waals surface area contributed by atoms with Gasteiger partial charge in [0, 0.05) is 24.9 Å². The first-order valence-electron chi connectivity index (χ1n) is 8.62. The predicted molar refractivity (Wildman–Crippen MR) is 100 cm³/mol. The van der Waals surface area contributed by atoms with E-state index >= 15 is 0 Å². The number of amides is 1. The maximum Gasteiger partial charge on any atom is 0.335 e. The monoisotopic (exact) mass is 364 g/mol. The maximum atomic E-state index is 12.0. The Morgan fingerprint density at radius 2 is 1.93 bits per heavy atom. The Morgan fingerprint density at radius 3 is 2.67 bits per heavy atom. The lowest BCUT2D eigenvalue weighted by Gasteiger charge is -2.05. The smallest absolute Gasteiger partial charge is 0.335 e. The largest absolute Gasteiger partial charge is 0.478 e. The average molecular weight is 364 g/mol. The molecule has 6 heteroatoms. The highest BCUT2D eigenvalue weighted by Crippen LogP contribution is 2.21. The lowest BCUT2D eigenvalue weighted by Crippen LogP contribution is -2.23. The van der Waals surface area contributed by atoms with Crippen LogP contribution in [0, 0.1) is 6.92 Å². The third-order valence-corrected chi connectivity index (χ3v) is 4.12. The molecular weight excluding hydrogens is 344 g/mol. The molecule has 0 unspecified atom stereocenters. The molecule has 2 N–H and O–H groups in total. The number of nitrogens with one attached hydrogen (secondary N) is 1. The van der Waals surface area contributed by atoms with Crippen molar-refractivity contribution in [2.24, 2.45) is 0 Å². The molecule has 0 aliphatic carbocycles. The number of rotatable bonds is 7. The molecule has 0 saturated heterocycles. The third kappa shape index (κ3) is 5.04. The van der Waals surface area contributed by atoms with Gasteiger partial charge in [0.1, 0.15) is 0 Å². The predicted octanol–water partition coefficient (Wildman–Crippen LogP) is 3.60. The second-order valence-electron chi connectivity index (χ2n) is 6.27. The summed E-state index contributed by atoms with van der Waals surface area (Å²) in [5, 5.41) is 11.8. The summed E-state index contributed by atoms with van der Waals surface area (Å²) in [5.41, 5.74) is 3.05. The zero-order chi connectivity index (χ0) is 19.2. The molecule has 0 saturated carbocycles. The summed E-state index contributed by atoms with van der Waals surface area (Å²) in [7, 11) is 0. The molecule has 27 heavy (non-hydrogen) atoms. The van der Waals surface area contributed by atoms with E-state index in [4.69, 9.17) is 9.52 Å². The van der Waals surface area contributed by atoms with Crippen molar-refractivity contribution in [2.45, 2.75) is 26.3 Å². The van der Waals surface area contributed by atoms with E-state index in [1.807, 2.05) is 31.2 Å². The lowest BCUT2D eigenvalue weighted by molar-refractivity contribution is -0.121. The minimum atomic E-state index is -0.989. The number of nitrogens with zero attached hydrogens (tertiary/aromatic N) is 1. The van der Waals surface area contributed by atoms with Gasteiger partial charge in [-0.2, -0.15) is 0 Å². The standard InChI is InChI=1S/C21H20N2O4/c1-14-5-7-16(8-6-14)18-13-23-20(27-18)10-9-19(24)22-12-15-3-2-4-17(11-15)21(25)26/h2-8,11,13H,9-10,12H2,1H3,(H,22,24)(H,25,26). The second-order valence-corrected chi connectivity index (χ2v) is 6.27. The normalized spacial score (nSPS) is 10.6. The van der Waals surface area contributed by atoms with E-state index < -0.39 is 5.97 Å². The molecule has 0 atom stereocenters. The fourth-order valence-electron chi connectivity index (χ4n) is 2.60. The minimum Gasteiger partial charge on any atom is -0.478 e. The van der Waals surface area contributed by atoms with E-state index in [0.717, 1.165) is 11.1 Å². The van der Waals surface area contributed by atoms with Crippen LogP contribution in [-0.2, 0) is 17.8 Å². The highest BCUT2D eigenvalue weighted by atomic mass is 16.4. The summed E-state index contributed by atoms with van der Waals surface area (Å²) in [6, 6.07) is 14.4. The van der Waals surface area contributed by atoms with Crippen molar-refractivity contribution in [1.82, 2.24) is 10.3 Å². The van der Waals surface area contributed by atoms with Crippen LogP contribution in [-0.4, -0.2) is 22.0 Å². The number of aromatic carboxylic acids is 1. The van der Waals surface area contributed by atoms with Crippen molar-refractivity contribution in [3.05, 3.63) is 77.3 Å². The fraction of sp³-hybridized carbons (Fsp3) is 0.190. The van der Waals surface area contributed by atoms with Gasteiger partial charge in [-0.15, -0.1) is 0 Å². The first-order valence-corrected chi connectivity index (χ1v) is 8.62. The van der Waals surface area contributed by atoms with Crippen molar-refractivity contribution in [3.8, 4) is 11.3 Å². The van der Waals surface area contributed by atoms with Gasteiger partial charge in [0.25, 0.3) is 0 Å². The Balaban J connectivity index is 1.50. The molecule has 6 nitrogen and oxygen atoms in total. The van der Waals surface area contributed by atoms with Gasteiger partial charge in [-0.05, 0) is 24.6 Å². The topological polar surface area (TPSA) is 92.4 Å². The molecular formula is C21H20N2O4. The number of benzene rings is 2. The highest BCUT2D eigenvalue weighted by Gasteiger charge is 2.09. The van der Waals surface area contributed by atoms with Crippen LogP contribution in [0.3, 0.4) is 0 Å². The number of aryl methyl sites for hydroxylation is 2. The van der Waals surface area contributed by atoms with Crippen LogP contribution in [0.5, 0.6) is 0 Å². The van der Waals surface area contributed by atoms with Crippen LogP contribution in [0.1, 0.15) is 33.8 Å². The van der Waals surface area contributed by atoms with E-state index in [9.17, 15) is 9.59 Å². The number of oxazole rings is 1. The van der Waals surface area contributed by atoms with Gasteiger partial charge in [0.05, 0.1) is 11.8 Å². The van der Waals surface area contributed by atoms with Gasteiger partial charge in [-0.25, -0.2) is 9.78 Å². The van der Waals surface area contributed by atoms with Crippen LogP contribution >= 0.6 is 0 Å². The quantitative estimate of drug-likeness (QED) is 0.668. The molecule has 1 amide bonds. The molecule has 1 heterocycles. The van der Waals surface area contributed by atoms with Crippen molar-refractivity contribution in [2.75, 3.05) is 0 Å². The summed E-state index contributed by atoms with van der Waals surface area (Å²) in [5.74, 6) is 0.0479. The highest BCUT2D eigenvalue weighted by molar-refractivity contribution is 5.87. The Hall–Kier alpha value is -3.41. The first kappa shape index (κ1) is 18.4. The molecule has 2 aromatic carbocycles. The molecule has 3 rings (SSSR count). The molecule has 0 aliphatic rings. The number of carbonyl (C=O) groups is 2. The summed E-state index contributed by atoms with van der Waals surface area (Å²) in [6.07, 6.45) is 2.30. The molecule has 0 bridgehead atoms. The molecule has 1 aromatic heterocycles. The second kappa shape index (κ2) is 8.31. The van der Waals surface area contributed by atoms with Crippen LogP contribution in [0.25, 0.3) is 11.3 Å². The molecule has 0 radical (unpaired) electrons. The van der Waals surface area contributed by atoms with E-state index in [-0.39, 0.29) is 24.4 Å². The number of carboxylic acids is 1. The number of hydrogen-bond acceptors (Lipinski definition) is 4. The summed E-state index contributed by atoms with van der Waals surface area (Å²) >= 11 is 0. The van der Waals surface area contributed by atoms with Crippen LogP contribution < -0.4 is 5.32 Å². The summed E-state index contributed by atoms with van der Waals surface area (Å²) in [4.78, 5) is 27.2. The summed E-state index contributed by atoms with van der Waals surface area (Å²) < 4.78 is 5.71. The van der Waals surface area contributed by atoms with Gasteiger partial charge in [0.2, 0.25) is 5.91 Å². The van der Waals surface area contributed by atoms with Crippen molar-refractivity contribution < 1.29 is 19.1 Å². The van der Waals surface area contributed by atoms with E-state index in [1.54, 1.807) is 24.4 Å². The van der Waals surface area contributed by atoms with E-state index in [1.165, 1.54) is 11.6 Å². The van der Waals surface area contributed by atoms with Crippen molar-refractivity contribution >= 4 is 11.9 Å². The Kier molecular flexibility index (Phi) is 5.66. The zero-order valence-corrected chi connectivity index (χ0v) is 14.9. The average Bonchev–Trinajstić information content (AvgIpc) is 3.14. The van der Waals surface area contributed by atoms with Crippen molar-refractivity contribution in [3.63, 3.8) is 0 Å². The van der Waals surface area contributed by atoms with Gasteiger partial charge in [-0.1, -0.05) is 42.0 Å². The van der Waals surface area contributed by atoms with Crippen molar-refractivity contribution in [1.29, 1.82) is 0 Å². The molecule has 0 spiro atoms. The number of aromatic nitrogens is 1. The van der Waals surface area contributed by atoms with E-state index in [0.29, 0.717) is 18.1 Å². The number of hydrogen-bond donors (Lipinski definition) is 2. The van der Waals surface area contributed by atoms with Gasteiger partial charge < -0.3 is 14.8 Å². The molecule has 3 aromatic rings. The number of carbonyl (C=O) groups excluding carboxylic acids is 1. The van der Waals surface area contributed by atoms with Gasteiger partial charge >= 0.3 is 5.97 Å². The SMILES string of the molecule is Cc1ccc(-c2cnc(CCC(=O)NCc3cccc(C(=O)O)c3)o2)cc1. The Bertz CT molecular complexity index is 945. The third-order valence-electron chi connectivity index (χ3n) is 4.12. The van der Waals surface area contributed by atoms with Gasteiger partial charge in [-0.3, -0.25) is 4.79 Å². The number of carboxylic acid groups (broad SMARTS) is 1. The van der Waals surface area contributed by atoms with Crippen LogP contribution in [0.15, 0.2) is 59.1 Å². The Morgan fingerprint density at radius 1 is 1.15 bits per heavy atom. The molecule has 0 aliphatic heterocycles. The fourth-order valence-corrected chi connectivity index (χ4v) is 2.60. The molecule has 138 valence electrons. The molecule has 0 fully saturated rings. The Labute approximate surface area is 156 Å². The van der Waals surface area contributed by atoms with Crippen LogP contribution in [0.4, 0.5) is 0 Å². The summed E-state index contributed by atoms with van der Waals surface area (Å²) in [6.45, 7) is 2.30. The first-order chi connectivity index (χ1) is 13.0. The minimum absolute atomic E-state index is 0.147. The van der Waals surface area contributed by atoms with E-state index in [2.05, 4.69) is 10.3 Å². The van der Waals surface area contributed by atoms with Crippen LogP contribution in [0.2, 0.25) is 0 Å². The van der Waals surface area contributed by atoms with Gasteiger partial charge in [0.15, 0.2) is 11.7 Å². The maximum absolute atomic E-state index is 12.0.